The van der Waals surface area contributed by atoms with Crippen LogP contribution in [-0.4, -0.2) is 59.0 Å². The Morgan fingerprint density at radius 1 is 1.19 bits per heavy atom. The molecule has 0 aliphatic carbocycles. The maximum atomic E-state index is 12.3. The molecule has 0 radical (unpaired) electrons. The number of hydrogen-bond donors (Lipinski definition) is 1. The van der Waals surface area contributed by atoms with Gasteiger partial charge in [0.1, 0.15) is 0 Å². The molecule has 1 amide bonds. The fraction of sp³-hybridized carbons (Fsp3) is 0.727. The number of aryl methyl sites for hydroxylation is 1. The lowest BCUT2D eigenvalue weighted by Gasteiger charge is -2.41. The summed E-state index contributed by atoms with van der Waals surface area (Å²) in [4.78, 5) is 22.2. The Morgan fingerprint density at radius 3 is 2.52 bits per heavy atom. The lowest BCUT2D eigenvalue weighted by Crippen LogP contribution is -2.49. The van der Waals surface area contributed by atoms with Gasteiger partial charge in [0, 0.05) is 43.3 Å². The van der Waals surface area contributed by atoms with Crippen molar-refractivity contribution in [2.24, 2.45) is 5.92 Å². The molecular formula is C22H36N4O. The fourth-order valence-corrected chi connectivity index (χ4v) is 4.35. The van der Waals surface area contributed by atoms with Gasteiger partial charge in [-0.1, -0.05) is 13.0 Å². The molecule has 1 aromatic heterocycles. The van der Waals surface area contributed by atoms with E-state index < -0.39 is 0 Å². The van der Waals surface area contributed by atoms with E-state index in [0.717, 1.165) is 57.7 Å². The lowest BCUT2D eigenvalue weighted by atomic mass is 9.92. The van der Waals surface area contributed by atoms with E-state index in [2.05, 4.69) is 59.1 Å². The highest BCUT2D eigenvalue weighted by molar-refractivity contribution is 5.79. The third-order valence-electron chi connectivity index (χ3n) is 6.31. The van der Waals surface area contributed by atoms with Gasteiger partial charge in [-0.05, 0) is 71.2 Å². The summed E-state index contributed by atoms with van der Waals surface area (Å²) >= 11 is 0. The molecule has 0 saturated carbocycles. The summed E-state index contributed by atoms with van der Waals surface area (Å²) in [5.74, 6) is 0.479. The van der Waals surface area contributed by atoms with Crippen molar-refractivity contribution in [3.63, 3.8) is 0 Å². The fourth-order valence-electron chi connectivity index (χ4n) is 4.35. The van der Waals surface area contributed by atoms with Gasteiger partial charge in [0.2, 0.25) is 5.91 Å². The van der Waals surface area contributed by atoms with Crippen LogP contribution in [0.1, 0.15) is 57.3 Å². The number of amides is 1. The van der Waals surface area contributed by atoms with Crippen LogP contribution in [0.5, 0.6) is 0 Å². The molecule has 5 nitrogen and oxygen atoms in total. The number of carbonyl (C=O) groups is 1. The van der Waals surface area contributed by atoms with Crippen LogP contribution in [-0.2, 0) is 11.3 Å². The monoisotopic (exact) mass is 372 g/mol. The van der Waals surface area contributed by atoms with Crippen LogP contribution >= 0.6 is 0 Å². The number of rotatable bonds is 6. The van der Waals surface area contributed by atoms with E-state index in [9.17, 15) is 4.79 Å². The van der Waals surface area contributed by atoms with Gasteiger partial charge in [0.05, 0.1) is 5.69 Å². The third kappa shape index (κ3) is 5.76. The summed E-state index contributed by atoms with van der Waals surface area (Å²) in [6.45, 7) is 11.7. The van der Waals surface area contributed by atoms with Gasteiger partial charge in [0.25, 0.3) is 0 Å². The Bertz CT molecular complexity index is 604. The molecule has 3 heterocycles. The molecule has 2 saturated heterocycles. The maximum Gasteiger partial charge on any atom is 0.223 e. The smallest absolute Gasteiger partial charge is 0.223 e. The summed E-state index contributed by atoms with van der Waals surface area (Å²) in [5.41, 5.74) is 2.28. The summed E-state index contributed by atoms with van der Waals surface area (Å²) in [6.07, 6.45) is 5.48. The highest BCUT2D eigenvalue weighted by Gasteiger charge is 2.30. The second-order valence-electron chi connectivity index (χ2n) is 8.41. The molecule has 0 bridgehead atoms. The first-order valence-electron chi connectivity index (χ1n) is 10.7. The van der Waals surface area contributed by atoms with Crippen LogP contribution in [0.25, 0.3) is 0 Å². The topological polar surface area (TPSA) is 48.5 Å². The third-order valence-corrected chi connectivity index (χ3v) is 6.31. The van der Waals surface area contributed by atoms with E-state index >= 15 is 0 Å². The van der Waals surface area contributed by atoms with Gasteiger partial charge >= 0.3 is 0 Å². The van der Waals surface area contributed by atoms with Crippen LogP contribution < -0.4 is 5.32 Å². The Balaban J connectivity index is 1.40. The minimum absolute atomic E-state index is 0.211. The highest BCUT2D eigenvalue weighted by atomic mass is 16.1. The predicted octanol–water partition coefficient (Wildman–Crippen LogP) is 2.98. The van der Waals surface area contributed by atoms with Crippen LogP contribution in [0, 0.1) is 12.8 Å². The van der Waals surface area contributed by atoms with E-state index in [0.29, 0.717) is 12.1 Å². The van der Waals surface area contributed by atoms with E-state index in [1.165, 1.54) is 18.5 Å². The van der Waals surface area contributed by atoms with Gasteiger partial charge in [0.15, 0.2) is 0 Å². The number of pyridine rings is 1. The first-order valence-corrected chi connectivity index (χ1v) is 10.7. The maximum absolute atomic E-state index is 12.3. The van der Waals surface area contributed by atoms with Crippen molar-refractivity contribution >= 4 is 5.91 Å². The average molecular weight is 373 g/mol. The SMILES string of the molecule is CC[C@@H](C)NC(=O)C1CCN(C2CCN(Cc3cccc(C)n3)CC2)CC1. The zero-order chi connectivity index (χ0) is 19.2. The zero-order valence-electron chi connectivity index (χ0n) is 17.3. The molecule has 0 unspecified atom stereocenters. The van der Waals surface area contributed by atoms with Crippen LogP contribution in [0.2, 0.25) is 0 Å². The van der Waals surface area contributed by atoms with Crippen molar-refractivity contribution in [1.29, 1.82) is 0 Å². The van der Waals surface area contributed by atoms with Crippen LogP contribution in [0.4, 0.5) is 0 Å². The summed E-state index contributed by atoms with van der Waals surface area (Å²) < 4.78 is 0. The number of nitrogens with one attached hydrogen (secondary N) is 1. The number of piperidine rings is 2. The average Bonchev–Trinajstić information content (AvgIpc) is 2.68. The van der Waals surface area contributed by atoms with Crippen molar-refractivity contribution in [2.75, 3.05) is 26.2 Å². The van der Waals surface area contributed by atoms with Crippen molar-refractivity contribution in [2.45, 2.75) is 71.5 Å². The number of likely N-dealkylation sites (tertiary alicyclic amines) is 2. The molecule has 27 heavy (non-hydrogen) atoms. The Morgan fingerprint density at radius 2 is 1.89 bits per heavy atom. The molecular weight excluding hydrogens is 336 g/mol. The second-order valence-corrected chi connectivity index (χ2v) is 8.41. The largest absolute Gasteiger partial charge is 0.353 e. The van der Waals surface area contributed by atoms with Gasteiger partial charge < -0.3 is 10.2 Å². The molecule has 150 valence electrons. The Labute approximate surface area is 164 Å². The number of nitrogens with zero attached hydrogens (tertiary/aromatic N) is 3. The minimum Gasteiger partial charge on any atom is -0.353 e. The summed E-state index contributed by atoms with van der Waals surface area (Å²) in [6, 6.07) is 7.27. The molecule has 2 aliphatic rings. The van der Waals surface area contributed by atoms with Gasteiger partial charge in [-0.2, -0.15) is 0 Å². The van der Waals surface area contributed by atoms with E-state index in [1.54, 1.807) is 0 Å². The molecule has 1 N–H and O–H groups in total. The van der Waals surface area contributed by atoms with E-state index in [4.69, 9.17) is 0 Å². The molecule has 0 spiro atoms. The predicted molar refractivity (Wildman–Crippen MR) is 109 cm³/mol. The molecule has 2 fully saturated rings. The molecule has 1 aromatic rings. The molecule has 1 atom stereocenters. The molecule has 0 aromatic carbocycles. The van der Waals surface area contributed by atoms with Crippen molar-refractivity contribution in [3.8, 4) is 0 Å². The van der Waals surface area contributed by atoms with Gasteiger partial charge in [-0.3, -0.25) is 14.7 Å². The molecule has 2 aliphatic heterocycles. The highest BCUT2D eigenvalue weighted by Crippen LogP contribution is 2.24. The molecule has 3 rings (SSSR count). The van der Waals surface area contributed by atoms with Crippen LogP contribution in [0.3, 0.4) is 0 Å². The summed E-state index contributed by atoms with van der Waals surface area (Å²) in [5, 5.41) is 3.16. The van der Waals surface area contributed by atoms with Crippen molar-refractivity contribution in [1.82, 2.24) is 20.1 Å². The minimum atomic E-state index is 0.211. The zero-order valence-corrected chi connectivity index (χ0v) is 17.3. The molecule has 5 heteroatoms. The van der Waals surface area contributed by atoms with Crippen molar-refractivity contribution in [3.05, 3.63) is 29.6 Å². The van der Waals surface area contributed by atoms with Crippen LogP contribution in [0.15, 0.2) is 18.2 Å². The lowest BCUT2D eigenvalue weighted by molar-refractivity contribution is -0.127. The van der Waals surface area contributed by atoms with E-state index in [-0.39, 0.29) is 11.8 Å². The van der Waals surface area contributed by atoms with Gasteiger partial charge in [-0.25, -0.2) is 0 Å². The number of aromatic nitrogens is 1. The summed E-state index contributed by atoms with van der Waals surface area (Å²) in [7, 11) is 0. The first kappa shape index (κ1) is 20.3. The van der Waals surface area contributed by atoms with Crippen molar-refractivity contribution < 1.29 is 4.79 Å². The quantitative estimate of drug-likeness (QED) is 0.834. The normalized spacial score (nSPS) is 21.9. The Hall–Kier alpha value is -1.46. The first-order chi connectivity index (χ1) is 13.0. The van der Waals surface area contributed by atoms with E-state index in [1.807, 2.05) is 0 Å². The Kier molecular flexibility index (Phi) is 7.25. The number of hydrogen-bond acceptors (Lipinski definition) is 4. The second kappa shape index (κ2) is 9.65. The standard InChI is InChI=1S/C22H36N4O/c1-4-17(2)24-22(27)19-8-14-26(15-9-19)21-10-12-25(13-11-21)16-20-7-5-6-18(3)23-20/h5-7,17,19,21H,4,8-16H2,1-3H3,(H,24,27)/t17-/m1/s1. The van der Waals surface area contributed by atoms with Gasteiger partial charge in [-0.15, -0.1) is 0 Å². The number of carbonyl (C=O) groups excluding carboxylic acids is 1.